The summed E-state index contributed by atoms with van der Waals surface area (Å²) in [6, 6.07) is 7.76. The van der Waals surface area contributed by atoms with E-state index in [9.17, 15) is 9.59 Å². The number of methoxy groups -OCH3 is 1. The molecule has 2 aromatic rings. The van der Waals surface area contributed by atoms with Crippen LogP contribution in [0.4, 0.5) is 5.82 Å². The first-order valence-electron chi connectivity index (χ1n) is 9.30. The Hall–Kier alpha value is -3.16. The molecule has 0 unspecified atom stereocenters. The molecule has 0 radical (unpaired) electrons. The maximum absolute atomic E-state index is 12.3. The van der Waals surface area contributed by atoms with E-state index in [1.165, 1.54) is 6.20 Å². The average Bonchev–Trinajstić information content (AvgIpc) is 2.74. The molecule has 8 nitrogen and oxygen atoms in total. The Balaban J connectivity index is 1.49. The monoisotopic (exact) mass is 383 g/mol. The van der Waals surface area contributed by atoms with Crippen molar-refractivity contribution in [2.45, 2.75) is 13.3 Å². The van der Waals surface area contributed by atoms with Crippen LogP contribution >= 0.6 is 0 Å². The van der Waals surface area contributed by atoms with Gasteiger partial charge in [0.25, 0.3) is 5.91 Å². The van der Waals surface area contributed by atoms with E-state index in [1.54, 1.807) is 20.2 Å². The van der Waals surface area contributed by atoms with Crippen LogP contribution in [0.2, 0.25) is 0 Å². The van der Waals surface area contributed by atoms with E-state index in [1.807, 2.05) is 29.2 Å². The minimum absolute atomic E-state index is 0.0895. The molecule has 148 valence electrons. The number of hydrogen-bond acceptors (Lipinski definition) is 6. The Labute approximate surface area is 164 Å². The van der Waals surface area contributed by atoms with Crippen LogP contribution in [0.25, 0.3) is 0 Å². The number of carbonyl (C=O) groups is 2. The molecule has 8 heteroatoms. The average molecular weight is 383 g/mol. The lowest BCUT2D eigenvalue weighted by Crippen LogP contribution is -2.48. The first-order chi connectivity index (χ1) is 13.6. The molecule has 0 aliphatic carbocycles. The van der Waals surface area contributed by atoms with Gasteiger partial charge in [-0.25, -0.2) is 9.97 Å². The van der Waals surface area contributed by atoms with Crippen molar-refractivity contribution in [1.29, 1.82) is 0 Å². The van der Waals surface area contributed by atoms with E-state index < -0.39 is 0 Å². The summed E-state index contributed by atoms with van der Waals surface area (Å²) in [4.78, 5) is 36.2. The predicted octanol–water partition coefficient (Wildman–Crippen LogP) is 1.13. The number of amides is 2. The van der Waals surface area contributed by atoms with Crippen molar-refractivity contribution in [3.05, 3.63) is 47.9 Å². The van der Waals surface area contributed by atoms with E-state index in [2.05, 4.69) is 20.2 Å². The summed E-state index contributed by atoms with van der Waals surface area (Å²) in [7, 11) is 1.63. The molecule has 1 fully saturated rings. The van der Waals surface area contributed by atoms with Gasteiger partial charge in [-0.2, -0.15) is 0 Å². The van der Waals surface area contributed by atoms with Gasteiger partial charge in [-0.1, -0.05) is 12.1 Å². The van der Waals surface area contributed by atoms with E-state index in [0.29, 0.717) is 39.1 Å². The fraction of sp³-hybridized carbons (Fsp3) is 0.400. The molecular formula is C20H25N5O3. The lowest BCUT2D eigenvalue weighted by atomic mass is 10.1. The highest BCUT2D eigenvalue weighted by atomic mass is 16.5. The Bertz CT molecular complexity index is 817. The lowest BCUT2D eigenvalue weighted by Gasteiger charge is -2.34. The molecule has 0 atom stereocenters. The number of aromatic nitrogens is 2. The molecule has 28 heavy (non-hydrogen) atoms. The number of nitrogens with zero attached hydrogens (tertiary/aromatic N) is 4. The first kappa shape index (κ1) is 19.6. The van der Waals surface area contributed by atoms with Crippen LogP contribution in [0.3, 0.4) is 0 Å². The molecule has 1 aliphatic rings. The number of carbonyl (C=O) groups excluding carboxylic acids is 2. The van der Waals surface area contributed by atoms with E-state index in [-0.39, 0.29) is 17.5 Å². The van der Waals surface area contributed by atoms with E-state index >= 15 is 0 Å². The number of piperazine rings is 1. The standard InChI is InChI=1S/C20H25N5O3/c1-15(26)24-8-10-25(11-9-24)19-14-22-18(13-23-19)20(27)21-7-6-16-4-3-5-17(12-16)28-2/h3-5,12-14H,6-11H2,1-2H3,(H,21,27). The Morgan fingerprint density at radius 2 is 1.93 bits per heavy atom. The number of nitrogens with one attached hydrogen (secondary N) is 1. The highest BCUT2D eigenvalue weighted by molar-refractivity contribution is 5.92. The van der Waals surface area contributed by atoms with Gasteiger partial charge in [-0.05, 0) is 24.1 Å². The van der Waals surface area contributed by atoms with Crippen molar-refractivity contribution in [3.63, 3.8) is 0 Å². The summed E-state index contributed by atoms with van der Waals surface area (Å²) < 4.78 is 5.20. The third-order valence-corrected chi connectivity index (χ3v) is 4.75. The normalized spacial score (nSPS) is 13.9. The van der Waals surface area contributed by atoms with Gasteiger partial charge in [0.1, 0.15) is 17.3 Å². The van der Waals surface area contributed by atoms with Crippen molar-refractivity contribution < 1.29 is 14.3 Å². The SMILES string of the molecule is COc1cccc(CCNC(=O)c2cnc(N3CCN(C(C)=O)CC3)cn2)c1. The van der Waals surface area contributed by atoms with Crippen LogP contribution in [-0.4, -0.2) is 66.5 Å². The third-order valence-electron chi connectivity index (χ3n) is 4.75. The fourth-order valence-electron chi connectivity index (χ4n) is 3.09. The van der Waals surface area contributed by atoms with Gasteiger partial charge in [0.05, 0.1) is 19.5 Å². The van der Waals surface area contributed by atoms with Gasteiger partial charge in [0.15, 0.2) is 0 Å². The second-order valence-corrected chi connectivity index (χ2v) is 6.61. The van der Waals surface area contributed by atoms with Crippen LogP contribution in [-0.2, 0) is 11.2 Å². The van der Waals surface area contributed by atoms with E-state index in [0.717, 1.165) is 17.1 Å². The number of ether oxygens (including phenoxy) is 1. The van der Waals surface area contributed by atoms with Crippen LogP contribution in [0.1, 0.15) is 23.0 Å². The number of rotatable bonds is 6. The predicted molar refractivity (Wildman–Crippen MR) is 106 cm³/mol. The summed E-state index contributed by atoms with van der Waals surface area (Å²) in [6.07, 6.45) is 3.81. The van der Waals surface area contributed by atoms with Gasteiger partial charge in [-0.15, -0.1) is 0 Å². The molecule has 0 spiro atoms. The number of benzene rings is 1. The molecule has 0 saturated carbocycles. The largest absolute Gasteiger partial charge is 0.497 e. The lowest BCUT2D eigenvalue weighted by molar-refractivity contribution is -0.129. The van der Waals surface area contributed by atoms with Crippen molar-refractivity contribution in [2.75, 3.05) is 44.7 Å². The Kier molecular flexibility index (Phi) is 6.41. The van der Waals surface area contributed by atoms with Gasteiger partial charge < -0.3 is 19.9 Å². The Morgan fingerprint density at radius 3 is 2.57 bits per heavy atom. The Morgan fingerprint density at radius 1 is 1.14 bits per heavy atom. The van der Waals surface area contributed by atoms with Gasteiger partial charge in [-0.3, -0.25) is 9.59 Å². The molecule has 2 heterocycles. The molecule has 1 aliphatic heterocycles. The first-order valence-corrected chi connectivity index (χ1v) is 9.30. The van der Waals surface area contributed by atoms with Crippen LogP contribution in [0.5, 0.6) is 5.75 Å². The smallest absolute Gasteiger partial charge is 0.271 e. The molecule has 0 bridgehead atoms. The molecule has 1 saturated heterocycles. The molecular weight excluding hydrogens is 358 g/mol. The van der Waals surface area contributed by atoms with Crippen LogP contribution < -0.4 is 15.0 Å². The summed E-state index contributed by atoms with van der Waals surface area (Å²) in [5, 5.41) is 2.86. The molecule has 3 rings (SSSR count). The van der Waals surface area contributed by atoms with Crippen molar-refractivity contribution in [1.82, 2.24) is 20.2 Å². The molecule has 1 N–H and O–H groups in total. The van der Waals surface area contributed by atoms with Gasteiger partial charge in [0.2, 0.25) is 5.91 Å². The third kappa shape index (κ3) is 4.97. The van der Waals surface area contributed by atoms with Gasteiger partial charge >= 0.3 is 0 Å². The van der Waals surface area contributed by atoms with Crippen LogP contribution in [0, 0.1) is 0 Å². The van der Waals surface area contributed by atoms with Crippen molar-refractivity contribution in [2.24, 2.45) is 0 Å². The van der Waals surface area contributed by atoms with Crippen molar-refractivity contribution in [3.8, 4) is 5.75 Å². The summed E-state index contributed by atoms with van der Waals surface area (Å²) in [5.74, 6) is 1.36. The second-order valence-electron chi connectivity index (χ2n) is 6.61. The fourth-order valence-corrected chi connectivity index (χ4v) is 3.09. The van der Waals surface area contributed by atoms with Crippen molar-refractivity contribution >= 4 is 17.6 Å². The van der Waals surface area contributed by atoms with Crippen LogP contribution in [0.15, 0.2) is 36.7 Å². The summed E-state index contributed by atoms with van der Waals surface area (Å²) >= 11 is 0. The second kappa shape index (κ2) is 9.16. The molecule has 1 aromatic heterocycles. The molecule has 2 amide bonds. The zero-order valence-corrected chi connectivity index (χ0v) is 16.2. The van der Waals surface area contributed by atoms with E-state index in [4.69, 9.17) is 4.74 Å². The zero-order valence-electron chi connectivity index (χ0n) is 16.2. The number of anilines is 1. The minimum atomic E-state index is -0.247. The topological polar surface area (TPSA) is 87.7 Å². The quantitative estimate of drug-likeness (QED) is 0.805. The maximum Gasteiger partial charge on any atom is 0.271 e. The number of hydrogen-bond donors (Lipinski definition) is 1. The summed E-state index contributed by atoms with van der Waals surface area (Å²) in [6.45, 7) is 4.84. The summed E-state index contributed by atoms with van der Waals surface area (Å²) in [5.41, 5.74) is 1.38. The highest BCUT2D eigenvalue weighted by Gasteiger charge is 2.20. The minimum Gasteiger partial charge on any atom is -0.497 e. The maximum atomic E-state index is 12.3. The zero-order chi connectivity index (χ0) is 19.9. The molecule has 1 aromatic carbocycles. The highest BCUT2D eigenvalue weighted by Crippen LogP contribution is 2.14. The van der Waals surface area contributed by atoms with Gasteiger partial charge in [0, 0.05) is 39.6 Å².